The summed E-state index contributed by atoms with van der Waals surface area (Å²) in [5.41, 5.74) is 2.54. The third kappa shape index (κ3) is 4.25. The molecule has 1 aromatic heterocycles. The van der Waals surface area contributed by atoms with Crippen LogP contribution in [0.15, 0.2) is 54.9 Å². The number of carbonyl (C=O) groups excluding carboxylic acids is 1. The fraction of sp³-hybridized carbons (Fsp3) is 0.238. The molecule has 1 heterocycles. The standard InChI is InChI=1S/C21H22N4O3/c1-14(2)20-22-9-10-24(20)13-16-5-4-6-18(12-16)23-21(26)17-7-8-19(25(27)28)15(3)11-17/h4-12,14H,13H2,1-3H3,(H,23,26). The van der Waals surface area contributed by atoms with Gasteiger partial charge < -0.3 is 9.88 Å². The van der Waals surface area contributed by atoms with E-state index in [1.165, 1.54) is 18.2 Å². The number of carbonyl (C=O) groups is 1. The van der Waals surface area contributed by atoms with Crippen LogP contribution in [-0.2, 0) is 6.54 Å². The Morgan fingerprint density at radius 3 is 2.71 bits per heavy atom. The third-order valence-electron chi connectivity index (χ3n) is 4.46. The number of nitrogens with one attached hydrogen (secondary N) is 1. The topological polar surface area (TPSA) is 90.1 Å². The Hall–Kier alpha value is -3.48. The molecule has 7 nitrogen and oxygen atoms in total. The van der Waals surface area contributed by atoms with Crippen LogP contribution in [0, 0.1) is 17.0 Å². The Balaban J connectivity index is 1.75. The number of nitro benzene ring substituents is 1. The highest BCUT2D eigenvalue weighted by molar-refractivity contribution is 6.04. The number of hydrogen-bond donors (Lipinski definition) is 1. The van der Waals surface area contributed by atoms with Crippen molar-refractivity contribution in [3.63, 3.8) is 0 Å². The zero-order valence-corrected chi connectivity index (χ0v) is 16.0. The molecule has 0 saturated heterocycles. The summed E-state index contributed by atoms with van der Waals surface area (Å²) in [4.78, 5) is 27.4. The molecule has 1 N–H and O–H groups in total. The summed E-state index contributed by atoms with van der Waals surface area (Å²) in [6.07, 6.45) is 3.73. The monoisotopic (exact) mass is 378 g/mol. The van der Waals surface area contributed by atoms with Crippen LogP contribution in [0.25, 0.3) is 0 Å². The predicted octanol–water partition coefficient (Wildman–Crippen LogP) is 4.52. The van der Waals surface area contributed by atoms with Crippen molar-refractivity contribution in [3.05, 3.63) is 87.5 Å². The Bertz CT molecular complexity index is 1020. The highest BCUT2D eigenvalue weighted by atomic mass is 16.6. The van der Waals surface area contributed by atoms with Crippen LogP contribution in [0.4, 0.5) is 11.4 Å². The van der Waals surface area contributed by atoms with Crippen molar-refractivity contribution in [1.82, 2.24) is 9.55 Å². The van der Waals surface area contributed by atoms with Crippen LogP contribution < -0.4 is 5.32 Å². The lowest BCUT2D eigenvalue weighted by atomic mass is 10.1. The van der Waals surface area contributed by atoms with Crippen molar-refractivity contribution in [2.75, 3.05) is 5.32 Å². The second-order valence-electron chi connectivity index (χ2n) is 6.98. The lowest BCUT2D eigenvalue weighted by Gasteiger charge is -2.12. The van der Waals surface area contributed by atoms with E-state index in [4.69, 9.17) is 0 Å². The first-order valence-electron chi connectivity index (χ1n) is 9.01. The molecule has 0 unspecified atom stereocenters. The number of imidazole rings is 1. The molecule has 144 valence electrons. The van der Waals surface area contributed by atoms with Crippen molar-refractivity contribution in [3.8, 4) is 0 Å². The Kier molecular flexibility index (Phi) is 5.54. The molecule has 0 saturated carbocycles. The Morgan fingerprint density at radius 1 is 1.25 bits per heavy atom. The summed E-state index contributed by atoms with van der Waals surface area (Å²) in [6.45, 7) is 6.48. The molecule has 0 aliphatic carbocycles. The first-order chi connectivity index (χ1) is 13.3. The first kappa shape index (κ1) is 19.3. The van der Waals surface area contributed by atoms with Gasteiger partial charge >= 0.3 is 0 Å². The highest BCUT2D eigenvalue weighted by Gasteiger charge is 2.14. The molecule has 3 rings (SSSR count). The summed E-state index contributed by atoms with van der Waals surface area (Å²) >= 11 is 0. The minimum Gasteiger partial charge on any atom is -0.330 e. The van der Waals surface area contributed by atoms with Crippen LogP contribution in [0.1, 0.15) is 47.1 Å². The van der Waals surface area contributed by atoms with Gasteiger partial charge in [0, 0.05) is 47.7 Å². The van der Waals surface area contributed by atoms with E-state index < -0.39 is 4.92 Å². The molecule has 7 heteroatoms. The molecule has 0 aliphatic rings. The fourth-order valence-corrected chi connectivity index (χ4v) is 3.10. The van der Waals surface area contributed by atoms with Crippen molar-refractivity contribution >= 4 is 17.3 Å². The average Bonchev–Trinajstić information content (AvgIpc) is 3.10. The summed E-state index contributed by atoms with van der Waals surface area (Å²) < 4.78 is 2.09. The van der Waals surface area contributed by atoms with E-state index in [9.17, 15) is 14.9 Å². The zero-order valence-electron chi connectivity index (χ0n) is 16.0. The maximum absolute atomic E-state index is 12.5. The maximum atomic E-state index is 12.5. The normalized spacial score (nSPS) is 10.9. The number of hydrogen-bond acceptors (Lipinski definition) is 4. The largest absolute Gasteiger partial charge is 0.330 e. The molecule has 0 fully saturated rings. The number of aryl methyl sites for hydroxylation is 1. The van der Waals surface area contributed by atoms with Crippen molar-refractivity contribution in [2.24, 2.45) is 0 Å². The molecular formula is C21H22N4O3. The van der Waals surface area contributed by atoms with Crippen LogP contribution in [0.3, 0.4) is 0 Å². The van der Waals surface area contributed by atoms with E-state index in [1.807, 2.05) is 30.5 Å². The SMILES string of the molecule is Cc1cc(C(=O)Nc2cccc(Cn3ccnc3C(C)C)c2)ccc1[N+](=O)[O-]. The number of aromatic nitrogens is 2. The molecule has 0 radical (unpaired) electrons. The number of amides is 1. The highest BCUT2D eigenvalue weighted by Crippen LogP contribution is 2.20. The van der Waals surface area contributed by atoms with Crippen LogP contribution in [0.5, 0.6) is 0 Å². The number of anilines is 1. The average molecular weight is 378 g/mol. The Labute approximate surface area is 163 Å². The van der Waals surface area contributed by atoms with E-state index in [0.717, 1.165) is 11.4 Å². The van der Waals surface area contributed by atoms with Gasteiger partial charge in [-0.25, -0.2) is 4.98 Å². The van der Waals surface area contributed by atoms with Gasteiger partial charge in [-0.1, -0.05) is 26.0 Å². The van der Waals surface area contributed by atoms with Gasteiger partial charge in [-0.3, -0.25) is 14.9 Å². The maximum Gasteiger partial charge on any atom is 0.272 e. The second kappa shape index (κ2) is 8.04. The van der Waals surface area contributed by atoms with E-state index in [0.29, 0.717) is 29.3 Å². The number of nitrogens with zero attached hydrogens (tertiary/aromatic N) is 3. The van der Waals surface area contributed by atoms with Gasteiger partial charge in [0.15, 0.2) is 0 Å². The minimum atomic E-state index is -0.456. The molecule has 0 spiro atoms. The lowest BCUT2D eigenvalue weighted by molar-refractivity contribution is -0.385. The molecule has 28 heavy (non-hydrogen) atoms. The number of rotatable bonds is 6. The van der Waals surface area contributed by atoms with Gasteiger partial charge in [0.2, 0.25) is 0 Å². The minimum absolute atomic E-state index is 0.000152. The molecular weight excluding hydrogens is 356 g/mol. The van der Waals surface area contributed by atoms with E-state index in [1.54, 1.807) is 13.1 Å². The zero-order chi connectivity index (χ0) is 20.3. The Morgan fingerprint density at radius 2 is 2.04 bits per heavy atom. The quantitative estimate of drug-likeness (QED) is 0.504. The van der Waals surface area contributed by atoms with Gasteiger partial charge in [0.25, 0.3) is 11.6 Å². The van der Waals surface area contributed by atoms with Crippen LogP contribution >= 0.6 is 0 Å². The van der Waals surface area contributed by atoms with Crippen LogP contribution in [-0.4, -0.2) is 20.4 Å². The van der Waals surface area contributed by atoms with Crippen molar-refractivity contribution < 1.29 is 9.72 Å². The number of nitro groups is 1. The predicted molar refractivity (Wildman–Crippen MR) is 108 cm³/mol. The molecule has 0 aliphatic heterocycles. The van der Waals surface area contributed by atoms with E-state index >= 15 is 0 Å². The first-order valence-corrected chi connectivity index (χ1v) is 9.01. The van der Waals surface area contributed by atoms with Gasteiger partial charge in [-0.15, -0.1) is 0 Å². The molecule has 1 amide bonds. The molecule has 0 atom stereocenters. The van der Waals surface area contributed by atoms with Gasteiger partial charge in [0.1, 0.15) is 5.82 Å². The summed E-state index contributed by atoms with van der Waals surface area (Å²) in [5, 5.41) is 13.8. The molecule has 2 aromatic carbocycles. The van der Waals surface area contributed by atoms with Crippen molar-refractivity contribution in [2.45, 2.75) is 33.2 Å². The molecule has 0 bridgehead atoms. The van der Waals surface area contributed by atoms with E-state index in [-0.39, 0.29) is 11.6 Å². The molecule has 3 aromatic rings. The lowest BCUT2D eigenvalue weighted by Crippen LogP contribution is -2.13. The van der Waals surface area contributed by atoms with Gasteiger partial charge in [-0.05, 0) is 36.8 Å². The third-order valence-corrected chi connectivity index (χ3v) is 4.46. The number of benzene rings is 2. The summed E-state index contributed by atoms with van der Waals surface area (Å²) in [7, 11) is 0. The van der Waals surface area contributed by atoms with Crippen molar-refractivity contribution in [1.29, 1.82) is 0 Å². The smallest absolute Gasteiger partial charge is 0.272 e. The summed E-state index contributed by atoms with van der Waals surface area (Å²) in [5.74, 6) is 1.03. The summed E-state index contributed by atoms with van der Waals surface area (Å²) in [6, 6.07) is 12.0. The van der Waals surface area contributed by atoms with Crippen LogP contribution in [0.2, 0.25) is 0 Å². The fourth-order valence-electron chi connectivity index (χ4n) is 3.10. The van der Waals surface area contributed by atoms with Gasteiger partial charge in [0.05, 0.1) is 4.92 Å². The second-order valence-corrected chi connectivity index (χ2v) is 6.98. The van der Waals surface area contributed by atoms with Gasteiger partial charge in [-0.2, -0.15) is 0 Å². The van der Waals surface area contributed by atoms with E-state index in [2.05, 4.69) is 28.7 Å².